The second-order valence-electron chi connectivity index (χ2n) is 6.94. The minimum atomic E-state index is -4.38. The summed E-state index contributed by atoms with van der Waals surface area (Å²) in [7, 11) is 0. The molecule has 1 saturated heterocycles. The van der Waals surface area contributed by atoms with Crippen LogP contribution in [0.5, 0.6) is 17.2 Å². The number of rotatable bonds is 7. The summed E-state index contributed by atoms with van der Waals surface area (Å²) in [6, 6.07) is 10.5. The molecule has 2 aromatic rings. The molecule has 0 N–H and O–H groups in total. The van der Waals surface area contributed by atoms with Crippen LogP contribution in [-0.4, -0.2) is 36.1 Å². The van der Waals surface area contributed by atoms with Crippen molar-refractivity contribution in [3.63, 3.8) is 0 Å². The molecule has 0 radical (unpaired) electrons. The first-order chi connectivity index (χ1) is 13.7. The number of hydrogen-bond donors (Lipinski definition) is 0. The van der Waals surface area contributed by atoms with Gasteiger partial charge in [0.15, 0.2) is 0 Å². The molecule has 0 bridgehead atoms. The molecule has 1 fully saturated rings. The Labute approximate surface area is 195 Å². The van der Waals surface area contributed by atoms with Crippen molar-refractivity contribution in [3.05, 3.63) is 54.1 Å². The van der Waals surface area contributed by atoms with Gasteiger partial charge in [-0.3, -0.25) is 4.90 Å². The molecule has 0 spiro atoms. The Hall–Kier alpha value is -1.74. The van der Waals surface area contributed by atoms with Crippen LogP contribution >= 0.6 is 0 Å². The molecule has 0 saturated carbocycles. The number of alkyl halides is 3. The van der Waals surface area contributed by atoms with Gasteiger partial charge in [0, 0.05) is 12.1 Å². The van der Waals surface area contributed by atoms with Crippen LogP contribution in [0.4, 0.5) is 13.2 Å². The maximum absolute atomic E-state index is 12.6. The van der Waals surface area contributed by atoms with Gasteiger partial charge in [0.25, 0.3) is 0 Å². The molecule has 0 aromatic heterocycles. The molecule has 9 heteroatoms. The summed E-state index contributed by atoms with van der Waals surface area (Å²) in [5, 5.41) is 11.1. The number of ether oxygens (including phenoxy) is 2. The van der Waals surface area contributed by atoms with Crippen molar-refractivity contribution in [2.75, 3.05) is 13.2 Å². The van der Waals surface area contributed by atoms with Crippen molar-refractivity contribution < 1.29 is 62.1 Å². The van der Waals surface area contributed by atoms with Crippen LogP contribution < -0.4 is 44.1 Å². The van der Waals surface area contributed by atoms with E-state index in [2.05, 4.69) is 0 Å². The first-order valence-electron chi connectivity index (χ1n) is 9.28. The van der Waals surface area contributed by atoms with Gasteiger partial charge in [-0.05, 0) is 74.8 Å². The minimum Gasteiger partial charge on any atom is -0.548 e. The van der Waals surface area contributed by atoms with Crippen LogP contribution in [0.1, 0.15) is 25.3 Å². The van der Waals surface area contributed by atoms with Crippen molar-refractivity contribution in [1.29, 1.82) is 0 Å². The fourth-order valence-electron chi connectivity index (χ4n) is 3.33. The summed E-state index contributed by atoms with van der Waals surface area (Å²) in [5.74, 6) is 0.258. The summed E-state index contributed by atoms with van der Waals surface area (Å²) in [6.07, 6.45) is -2.62. The molecule has 1 aliphatic heterocycles. The first kappa shape index (κ1) is 24.5. The van der Waals surface area contributed by atoms with E-state index in [4.69, 9.17) is 9.47 Å². The van der Waals surface area contributed by atoms with Gasteiger partial charge in [-0.2, -0.15) is 13.2 Å². The smallest absolute Gasteiger partial charge is 0.548 e. The standard InChI is InChI=1S/C21H22F3NO4.Na/c1-14(20(26)27)25-12-2-3-16(25)13-28-17-8-10-19(11-9-17)29-18-6-4-15(5-7-18)21(22,23)24;/h4-11,14,16H,2-3,12-13H2,1H3,(H,26,27);/q;+1/p-1/t14?,16-;/m0./s1. The molecule has 1 heterocycles. The molecule has 0 aliphatic carbocycles. The van der Waals surface area contributed by atoms with Crippen molar-refractivity contribution in [3.8, 4) is 17.2 Å². The molecule has 0 amide bonds. The van der Waals surface area contributed by atoms with Gasteiger partial charge in [0.2, 0.25) is 0 Å². The average Bonchev–Trinajstić information content (AvgIpc) is 3.15. The number of likely N-dealkylation sites (tertiary alicyclic amines) is 1. The van der Waals surface area contributed by atoms with E-state index in [-0.39, 0.29) is 35.6 Å². The third-order valence-electron chi connectivity index (χ3n) is 4.94. The van der Waals surface area contributed by atoms with E-state index in [1.165, 1.54) is 12.1 Å². The third-order valence-corrected chi connectivity index (χ3v) is 4.94. The minimum absolute atomic E-state index is 0. The van der Waals surface area contributed by atoms with Crippen LogP contribution in [0.25, 0.3) is 0 Å². The topological polar surface area (TPSA) is 61.8 Å². The normalized spacial score (nSPS) is 17.8. The Morgan fingerprint density at radius 1 is 1.10 bits per heavy atom. The first-order valence-corrected chi connectivity index (χ1v) is 9.28. The summed E-state index contributed by atoms with van der Waals surface area (Å²) in [6.45, 7) is 2.67. The van der Waals surface area contributed by atoms with E-state index in [0.717, 1.165) is 25.0 Å². The van der Waals surface area contributed by atoms with E-state index in [9.17, 15) is 23.1 Å². The molecule has 30 heavy (non-hydrogen) atoms. The average molecular weight is 431 g/mol. The SMILES string of the molecule is CC(C(=O)[O-])N1CCC[C@H]1COc1ccc(Oc2ccc(C(F)(F)F)cc2)cc1.[Na+]. The molecular formula is C21H21F3NNaO4. The fraction of sp³-hybridized carbons (Fsp3) is 0.381. The van der Waals surface area contributed by atoms with Crippen LogP contribution in [0.2, 0.25) is 0 Å². The molecule has 2 aromatic carbocycles. The number of aliphatic carboxylic acids is 1. The van der Waals surface area contributed by atoms with Crippen molar-refractivity contribution in [2.24, 2.45) is 0 Å². The number of halogens is 3. The van der Waals surface area contributed by atoms with Gasteiger partial charge in [-0.25, -0.2) is 0 Å². The van der Waals surface area contributed by atoms with Gasteiger partial charge in [0.05, 0.1) is 11.5 Å². The second-order valence-corrected chi connectivity index (χ2v) is 6.94. The number of carbonyl (C=O) groups excluding carboxylic acids is 1. The quantitative estimate of drug-likeness (QED) is 0.597. The van der Waals surface area contributed by atoms with Crippen LogP contribution in [-0.2, 0) is 11.0 Å². The zero-order chi connectivity index (χ0) is 21.0. The Morgan fingerprint density at radius 3 is 2.17 bits per heavy atom. The molecule has 156 valence electrons. The Balaban J connectivity index is 0.00000320. The fourth-order valence-corrected chi connectivity index (χ4v) is 3.33. The van der Waals surface area contributed by atoms with E-state index in [0.29, 0.717) is 30.4 Å². The van der Waals surface area contributed by atoms with E-state index in [1.54, 1.807) is 31.2 Å². The number of nitrogens with zero attached hydrogens (tertiary/aromatic N) is 1. The monoisotopic (exact) mass is 431 g/mol. The molecule has 1 aliphatic rings. The van der Waals surface area contributed by atoms with Gasteiger partial charge >= 0.3 is 35.7 Å². The van der Waals surface area contributed by atoms with Crippen molar-refractivity contribution in [1.82, 2.24) is 4.90 Å². The van der Waals surface area contributed by atoms with E-state index >= 15 is 0 Å². The molecule has 5 nitrogen and oxygen atoms in total. The number of carbonyl (C=O) groups is 1. The maximum atomic E-state index is 12.6. The second kappa shape index (κ2) is 10.5. The van der Waals surface area contributed by atoms with Crippen molar-refractivity contribution in [2.45, 2.75) is 38.0 Å². The van der Waals surface area contributed by atoms with E-state index < -0.39 is 23.8 Å². The Bertz CT molecular complexity index is 828. The predicted octanol–water partition coefficient (Wildman–Crippen LogP) is 0.483. The maximum Gasteiger partial charge on any atom is 1.00 e. The summed E-state index contributed by atoms with van der Waals surface area (Å²) < 4.78 is 49.1. The predicted molar refractivity (Wildman–Crippen MR) is 97.7 cm³/mol. The van der Waals surface area contributed by atoms with E-state index in [1.807, 2.05) is 4.90 Å². The Morgan fingerprint density at radius 2 is 1.63 bits per heavy atom. The number of hydrogen-bond acceptors (Lipinski definition) is 5. The summed E-state index contributed by atoms with van der Waals surface area (Å²) >= 11 is 0. The summed E-state index contributed by atoms with van der Waals surface area (Å²) in [4.78, 5) is 13.0. The third kappa shape index (κ3) is 6.38. The zero-order valence-electron chi connectivity index (χ0n) is 16.8. The largest absolute Gasteiger partial charge is 1.00 e. The van der Waals surface area contributed by atoms with Gasteiger partial charge in [0.1, 0.15) is 23.9 Å². The molecule has 2 atom stereocenters. The van der Waals surface area contributed by atoms with Gasteiger partial charge in [-0.15, -0.1) is 0 Å². The number of carboxylic acids is 1. The van der Waals surface area contributed by atoms with Crippen molar-refractivity contribution >= 4 is 5.97 Å². The van der Waals surface area contributed by atoms with Gasteiger partial charge in [-0.1, -0.05) is 0 Å². The van der Waals surface area contributed by atoms with Gasteiger partial charge < -0.3 is 19.4 Å². The van der Waals surface area contributed by atoms with Crippen LogP contribution in [0.3, 0.4) is 0 Å². The molecular weight excluding hydrogens is 410 g/mol. The summed E-state index contributed by atoms with van der Waals surface area (Å²) in [5.41, 5.74) is -0.734. The number of carboxylic acid groups (broad SMARTS) is 1. The molecule has 3 rings (SSSR count). The van der Waals surface area contributed by atoms with Crippen LogP contribution in [0.15, 0.2) is 48.5 Å². The number of benzene rings is 2. The Kier molecular flexibility index (Phi) is 8.61. The zero-order valence-corrected chi connectivity index (χ0v) is 18.8. The molecule has 1 unspecified atom stereocenters. The van der Waals surface area contributed by atoms with Crippen LogP contribution in [0, 0.1) is 0 Å².